The van der Waals surface area contributed by atoms with E-state index in [4.69, 9.17) is 14.2 Å². The van der Waals surface area contributed by atoms with E-state index in [2.05, 4.69) is 32.2 Å². The maximum absolute atomic E-state index is 13.6. The molecular weight excluding hydrogens is 568 g/mol. The Bertz CT molecular complexity index is 1540. The molecule has 1 atom stereocenters. The molecule has 0 saturated heterocycles. The number of benzene rings is 3. The first-order chi connectivity index (χ1) is 18.5. The summed E-state index contributed by atoms with van der Waals surface area (Å²) in [5, 5.41) is 15.7. The van der Waals surface area contributed by atoms with Crippen LogP contribution in [0.4, 0.5) is 5.69 Å². The van der Waals surface area contributed by atoms with Gasteiger partial charge in [-0.3, -0.25) is 4.79 Å². The number of methoxy groups -OCH3 is 1. The van der Waals surface area contributed by atoms with Crippen LogP contribution in [0, 0.1) is 0 Å². The molecule has 0 radical (unpaired) electrons. The smallest absolute Gasteiger partial charge is 0.257 e. The average Bonchev–Trinajstić information content (AvgIpc) is 3.61. The number of hydrogen-bond acceptors (Lipinski definition) is 7. The minimum atomic E-state index is -0.276. The number of fused-ring (bicyclic) bond motifs is 2. The van der Waals surface area contributed by atoms with Crippen LogP contribution in [-0.2, 0) is 11.3 Å². The van der Waals surface area contributed by atoms with E-state index in [1.54, 1.807) is 17.4 Å². The summed E-state index contributed by atoms with van der Waals surface area (Å²) in [7, 11) is 1.52. The lowest BCUT2D eigenvalue weighted by atomic mass is 9.88. The molecule has 3 heterocycles. The number of halogens is 1. The fraction of sp³-hybridized carbons (Fsp3) is 0.138. The van der Waals surface area contributed by atoms with Crippen molar-refractivity contribution in [2.24, 2.45) is 0 Å². The Morgan fingerprint density at radius 2 is 1.92 bits per heavy atom. The van der Waals surface area contributed by atoms with Gasteiger partial charge in [0, 0.05) is 27.8 Å². The Kier molecular flexibility index (Phi) is 6.47. The molecular formula is C29H23BrN2O5S. The third-order valence-electron chi connectivity index (χ3n) is 6.55. The summed E-state index contributed by atoms with van der Waals surface area (Å²) in [5.41, 5.74) is 3.61. The summed E-state index contributed by atoms with van der Waals surface area (Å²) in [6.45, 7) is 0.664. The maximum atomic E-state index is 13.6. The monoisotopic (exact) mass is 590 g/mol. The Morgan fingerprint density at radius 1 is 1.13 bits per heavy atom. The molecule has 0 bridgehead atoms. The highest BCUT2D eigenvalue weighted by atomic mass is 79.9. The Hall–Kier alpha value is -3.95. The number of nitrogens with zero attached hydrogens (tertiary/aromatic N) is 1. The van der Waals surface area contributed by atoms with Crippen LogP contribution < -0.4 is 19.5 Å². The number of anilines is 1. The summed E-state index contributed by atoms with van der Waals surface area (Å²) in [6, 6.07) is 20.5. The van der Waals surface area contributed by atoms with Crippen LogP contribution >= 0.6 is 27.3 Å². The van der Waals surface area contributed by atoms with E-state index in [1.807, 2.05) is 66.2 Å². The minimum Gasteiger partial charge on any atom is -0.504 e. The van der Waals surface area contributed by atoms with Crippen molar-refractivity contribution in [3.8, 4) is 23.0 Å². The van der Waals surface area contributed by atoms with Crippen molar-refractivity contribution in [3.05, 3.63) is 104 Å². The van der Waals surface area contributed by atoms with E-state index in [1.165, 1.54) is 7.11 Å². The van der Waals surface area contributed by atoms with Crippen LogP contribution in [0.25, 0.3) is 5.57 Å². The van der Waals surface area contributed by atoms with Gasteiger partial charge >= 0.3 is 0 Å². The van der Waals surface area contributed by atoms with Gasteiger partial charge in [0.05, 0.1) is 18.7 Å². The van der Waals surface area contributed by atoms with Gasteiger partial charge in [0.15, 0.2) is 23.0 Å². The van der Waals surface area contributed by atoms with Crippen molar-refractivity contribution in [1.29, 1.82) is 0 Å². The van der Waals surface area contributed by atoms with Crippen molar-refractivity contribution in [2.45, 2.75) is 12.6 Å². The average molecular weight is 591 g/mol. The molecule has 9 heteroatoms. The van der Waals surface area contributed by atoms with Crippen molar-refractivity contribution < 1.29 is 24.1 Å². The molecule has 2 aliphatic rings. The molecule has 1 amide bonds. The first-order valence-corrected chi connectivity index (χ1v) is 13.6. The number of para-hydroxylation sites is 1. The lowest BCUT2D eigenvalue weighted by molar-refractivity contribution is -0.111. The fourth-order valence-electron chi connectivity index (χ4n) is 4.77. The maximum Gasteiger partial charge on any atom is 0.257 e. The minimum absolute atomic E-state index is 0.0263. The lowest BCUT2D eigenvalue weighted by Gasteiger charge is -2.37. The number of phenolic OH excluding ortho intramolecular Hbond substituents is 1. The number of amides is 1. The van der Waals surface area contributed by atoms with Crippen LogP contribution in [0.15, 0.2) is 82.8 Å². The van der Waals surface area contributed by atoms with Gasteiger partial charge < -0.3 is 29.5 Å². The van der Waals surface area contributed by atoms with Crippen molar-refractivity contribution in [1.82, 2.24) is 4.90 Å². The summed E-state index contributed by atoms with van der Waals surface area (Å²) >= 11 is 5.32. The summed E-state index contributed by atoms with van der Waals surface area (Å²) in [4.78, 5) is 16.9. The number of aromatic hydroxyl groups is 1. The molecule has 7 nitrogen and oxygen atoms in total. The van der Waals surface area contributed by atoms with E-state index >= 15 is 0 Å². The van der Waals surface area contributed by atoms with Gasteiger partial charge in [0.2, 0.25) is 6.79 Å². The van der Waals surface area contributed by atoms with Gasteiger partial charge in [-0.15, -0.1) is 11.3 Å². The van der Waals surface area contributed by atoms with Crippen LogP contribution in [0.5, 0.6) is 23.0 Å². The van der Waals surface area contributed by atoms with Crippen LogP contribution in [0.1, 0.15) is 27.6 Å². The lowest BCUT2D eigenvalue weighted by Crippen LogP contribution is -2.31. The molecule has 0 saturated carbocycles. The zero-order valence-corrected chi connectivity index (χ0v) is 22.7. The SMILES string of the molecule is COc1cc2c(cc1O)C(C(=O)Nc1ccccc1)=CN(Cc1cc3c(cc1Br)OCO3)C2c1cccs1. The predicted molar refractivity (Wildman–Crippen MR) is 150 cm³/mol. The molecule has 1 unspecified atom stereocenters. The summed E-state index contributed by atoms with van der Waals surface area (Å²) in [6.07, 6.45) is 1.87. The zero-order chi connectivity index (χ0) is 26.2. The molecule has 0 aliphatic carbocycles. The van der Waals surface area contributed by atoms with Gasteiger partial charge in [-0.2, -0.15) is 0 Å². The molecule has 0 fully saturated rings. The molecule has 38 heavy (non-hydrogen) atoms. The topological polar surface area (TPSA) is 80.3 Å². The van der Waals surface area contributed by atoms with Gasteiger partial charge in [0.1, 0.15) is 0 Å². The first-order valence-electron chi connectivity index (χ1n) is 11.9. The second-order valence-corrected chi connectivity index (χ2v) is 10.7. The molecule has 2 aliphatic heterocycles. The molecule has 2 N–H and O–H groups in total. The van der Waals surface area contributed by atoms with E-state index in [-0.39, 0.29) is 24.5 Å². The van der Waals surface area contributed by atoms with Crippen LogP contribution in [-0.4, -0.2) is 29.8 Å². The second-order valence-electron chi connectivity index (χ2n) is 8.86. The van der Waals surface area contributed by atoms with E-state index in [9.17, 15) is 9.90 Å². The predicted octanol–water partition coefficient (Wildman–Crippen LogP) is 6.54. The third-order valence-corrected chi connectivity index (χ3v) is 8.21. The second kappa shape index (κ2) is 10.1. The highest BCUT2D eigenvalue weighted by molar-refractivity contribution is 9.10. The van der Waals surface area contributed by atoms with Gasteiger partial charge in [-0.1, -0.05) is 40.2 Å². The fourth-order valence-corrected chi connectivity index (χ4v) is 6.08. The molecule has 192 valence electrons. The number of ether oxygens (including phenoxy) is 3. The molecule has 1 aromatic heterocycles. The van der Waals surface area contributed by atoms with Crippen molar-refractivity contribution >= 4 is 44.4 Å². The molecule has 3 aromatic carbocycles. The van der Waals surface area contributed by atoms with Gasteiger partial charge in [0.25, 0.3) is 5.91 Å². The largest absolute Gasteiger partial charge is 0.504 e. The summed E-state index contributed by atoms with van der Waals surface area (Å²) < 4.78 is 17.5. The van der Waals surface area contributed by atoms with Crippen molar-refractivity contribution in [2.75, 3.05) is 19.2 Å². The molecule has 4 aromatic rings. The van der Waals surface area contributed by atoms with E-state index in [0.717, 1.165) is 20.5 Å². The van der Waals surface area contributed by atoms with E-state index in [0.29, 0.717) is 40.6 Å². The Balaban J connectivity index is 1.48. The van der Waals surface area contributed by atoms with Crippen LogP contribution in [0.2, 0.25) is 0 Å². The highest BCUT2D eigenvalue weighted by Gasteiger charge is 2.34. The Labute approximate surface area is 232 Å². The number of carbonyl (C=O) groups is 1. The zero-order valence-electron chi connectivity index (χ0n) is 20.3. The number of rotatable bonds is 6. The van der Waals surface area contributed by atoms with Crippen molar-refractivity contribution in [3.63, 3.8) is 0 Å². The highest BCUT2D eigenvalue weighted by Crippen LogP contribution is 2.46. The number of nitrogens with one attached hydrogen (secondary N) is 1. The Morgan fingerprint density at radius 3 is 2.66 bits per heavy atom. The number of phenols is 1. The standard InChI is InChI=1S/C29H23BrN2O5S/c1-35-24-12-20-19(11-23(24)33)21(29(34)31-18-6-3-2-4-7-18)15-32(28(20)27-8-5-9-38-27)14-17-10-25-26(13-22(17)30)37-16-36-25/h2-13,15,28,33H,14,16H2,1H3,(H,31,34). The number of thiophene rings is 1. The van der Waals surface area contributed by atoms with Gasteiger partial charge in [-0.25, -0.2) is 0 Å². The quantitative estimate of drug-likeness (QED) is 0.265. The number of carbonyl (C=O) groups excluding carboxylic acids is 1. The first kappa shape index (κ1) is 24.4. The normalized spacial score (nSPS) is 15.6. The van der Waals surface area contributed by atoms with E-state index < -0.39 is 0 Å². The molecule has 6 rings (SSSR count). The summed E-state index contributed by atoms with van der Waals surface area (Å²) in [5.74, 6) is 1.42. The molecule has 0 spiro atoms. The van der Waals surface area contributed by atoms with Gasteiger partial charge in [-0.05, 0) is 64.5 Å². The van der Waals surface area contributed by atoms with Crippen LogP contribution in [0.3, 0.4) is 0 Å². The third kappa shape index (κ3) is 4.48. The number of hydrogen-bond donors (Lipinski definition) is 2.